The molecule has 0 spiro atoms. The molecule has 1 aliphatic heterocycles. The van der Waals surface area contributed by atoms with Crippen LogP contribution < -0.4 is 9.47 Å². The molecule has 0 unspecified atom stereocenters. The Morgan fingerprint density at radius 2 is 2.08 bits per heavy atom. The van der Waals surface area contributed by atoms with E-state index < -0.39 is 5.97 Å². The zero-order valence-electron chi connectivity index (χ0n) is 13.8. The minimum atomic E-state index is -0.531. The molecule has 0 amide bonds. The smallest absolute Gasteiger partial charge is 0.345 e. The van der Waals surface area contributed by atoms with Crippen molar-refractivity contribution in [1.82, 2.24) is 4.98 Å². The number of allylic oxidation sites excluding steroid dienone is 1. The maximum atomic E-state index is 12.5. The zero-order chi connectivity index (χ0) is 18.1. The van der Waals surface area contributed by atoms with Gasteiger partial charge in [-0.2, -0.15) is 0 Å². The van der Waals surface area contributed by atoms with Crippen LogP contribution in [0.5, 0.6) is 11.5 Å². The summed E-state index contributed by atoms with van der Waals surface area (Å²) >= 11 is 0. The van der Waals surface area contributed by atoms with Crippen LogP contribution in [0.4, 0.5) is 0 Å². The first-order valence-electron chi connectivity index (χ1n) is 7.87. The molecule has 6 heteroatoms. The first kappa shape index (κ1) is 15.8. The van der Waals surface area contributed by atoms with Crippen molar-refractivity contribution >= 4 is 17.8 Å². The van der Waals surface area contributed by atoms with Gasteiger partial charge in [0.25, 0.3) is 0 Å². The van der Waals surface area contributed by atoms with Gasteiger partial charge >= 0.3 is 5.97 Å². The van der Waals surface area contributed by atoms with Gasteiger partial charge in [-0.05, 0) is 43.3 Å². The van der Waals surface area contributed by atoms with Crippen LogP contribution in [0, 0.1) is 6.92 Å². The zero-order valence-corrected chi connectivity index (χ0v) is 13.8. The molecule has 26 heavy (non-hydrogen) atoms. The summed E-state index contributed by atoms with van der Waals surface area (Å²) in [7, 11) is 0. The number of benzene rings is 1. The van der Waals surface area contributed by atoms with Gasteiger partial charge < -0.3 is 13.9 Å². The number of Topliss-reactive ketones (excluding diaryl/α,β-unsaturated/α-hetero) is 1. The predicted molar refractivity (Wildman–Crippen MR) is 92.0 cm³/mol. The van der Waals surface area contributed by atoms with E-state index in [9.17, 15) is 9.59 Å². The normalized spacial score (nSPS) is 14.2. The molecule has 0 radical (unpaired) electrons. The molecule has 0 aliphatic carbocycles. The standard InChI is InChI=1S/C20H13NO5/c1-12-16(26-20(23)13-4-2-8-21-11-13)7-6-15-18(22)17(25-19(12)15)10-14-5-3-9-24-14/h2-11H,1H3/b17-10-. The van der Waals surface area contributed by atoms with Crippen LogP contribution in [0.15, 0.2) is 65.2 Å². The number of pyridine rings is 1. The van der Waals surface area contributed by atoms with Gasteiger partial charge in [0.15, 0.2) is 5.76 Å². The fourth-order valence-electron chi connectivity index (χ4n) is 2.62. The van der Waals surface area contributed by atoms with Crippen molar-refractivity contribution in [3.8, 4) is 11.5 Å². The third-order valence-electron chi connectivity index (χ3n) is 3.95. The van der Waals surface area contributed by atoms with Gasteiger partial charge in [0.2, 0.25) is 5.78 Å². The Morgan fingerprint density at radius 3 is 2.81 bits per heavy atom. The van der Waals surface area contributed by atoms with Crippen LogP contribution in [0.3, 0.4) is 0 Å². The Bertz CT molecular complexity index is 1020. The van der Waals surface area contributed by atoms with Gasteiger partial charge in [0.1, 0.15) is 17.3 Å². The number of ketones is 1. The molecular weight excluding hydrogens is 334 g/mol. The molecule has 3 aromatic rings. The Balaban J connectivity index is 1.63. The largest absolute Gasteiger partial charge is 0.465 e. The molecule has 3 heterocycles. The second kappa shape index (κ2) is 6.33. The van der Waals surface area contributed by atoms with Crippen molar-refractivity contribution in [2.24, 2.45) is 0 Å². The Morgan fingerprint density at radius 1 is 1.19 bits per heavy atom. The molecule has 1 aromatic carbocycles. The van der Waals surface area contributed by atoms with Crippen molar-refractivity contribution < 1.29 is 23.5 Å². The van der Waals surface area contributed by atoms with E-state index in [0.717, 1.165) is 0 Å². The summed E-state index contributed by atoms with van der Waals surface area (Å²) in [6, 6.07) is 9.88. The lowest BCUT2D eigenvalue weighted by Gasteiger charge is -2.09. The van der Waals surface area contributed by atoms with E-state index in [-0.39, 0.29) is 11.5 Å². The summed E-state index contributed by atoms with van der Waals surface area (Å²) in [5, 5.41) is 0. The predicted octanol–water partition coefficient (Wildman–Crippen LogP) is 3.82. The maximum absolute atomic E-state index is 12.5. The Hall–Kier alpha value is -3.67. The van der Waals surface area contributed by atoms with Gasteiger partial charge in [-0.1, -0.05) is 0 Å². The number of fused-ring (bicyclic) bond motifs is 1. The third-order valence-corrected chi connectivity index (χ3v) is 3.95. The van der Waals surface area contributed by atoms with Crippen LogP contribution in [-0.4, -0.2) is 16.7 Å². The van der Waals surface area contributed by atoms with E-state index in [1.54, 1.807) is 49.5 Å². The highest BCUT2D eigenvalue weighted by Gasteiger charge is 2.30. The van der Waals surface area contributed by atoms with Crippen LogP contribution in [0.2, 0.25) is 0 Å². The quantitative estimate of drug-likeness (QED) is 0.407. The van der Waals surface area contributed by atoms with Gasteiger partial charge in [0.05, 0.1) is 17.4 Å². The lowest BCUT2D eigenvalue weighted by molar-refractivity contribution is 0.0732. The van der Waals surface area contributed by atoms with E-state index in [1.807, 2.05) is 0 Å². The SMILES string of the molecule is Cc1c(OC(=O)c2cccnc2)ccc2c1O/C(=C\c1ccco1)C2=O. The van der Waals surface area contributed by atoms with Gasteiger partial charge in [-0.25, -0.2) is 4.79 Å². The summed E-state index contributed by atoms with van der Waals surface area (Å²) in [6.45, 7) is 1.73. The number of esters is 1. The molecule has 0 fully saturated rings. The first-order valence-corrected chi connectivity index (χ1v) is 7.87. The topological polar surface area (TPSA) is 78.6 Å². The highest BCUT2D eigenvalue weighted by Crippen LogP contribution is 2.39. The minimum absolute atomic E-state index is 0.161. The molecule has 2 aromatic heterocycles. The molecule has 0 N–H and O–H groups in total. The monoisotopic (exact) mass is 347 g/mol. The van der Waals surface area contributed by atoms with Crippen LogP contribution in [0.25, 0.3) is 6.08 Å². The highest BCUT2D eigenvalue weighted by atomic mass is 16.5. The van der Waals surface area contributed by atoms with E-state index >= 15 is 0 Å². The van der Waals surface area contributed by atoms with Crippen LogP contribution in [-0.2, 0) is 0 Å². The number of carbonyl (C=O) groups is 2. The fourth-order valence-corrected chi connectivity index (χ4v) is 2.62. The van der Waals surface area contributed by atoms with Crippen molar-refractivity contribution in [3.63, 3.8) is 0 Å². The van der Waals surface area contributed by atoms with E-state index in [2.05, 4.69) is 4.98 Å². The number of furan rings is 1. The molecule has 0 atom stereocenters. The number of rotatable bonds is 3. The van der Waals surface area contributed by atoms with Gasteiger partial charge in [-0.3, -0.25) is 9.78 Å². The number of hydrogen-bond acceptors (Lipinski definition) is 6. The lowest BCUT2D eigenvalue weighted by atomic mass is 10.1. The summed E-state index contributed by atoms with van der Waals surface area (Å²) in [5.74, 6) is 0.603. The summed E-state index contributed by atoms with van der Waals surface area (Å²) < 4.78 is 16.3. The molecule has 0 saturated carbocycles. The van der Waals surface area contributed by atoms with Crippen molar-refractivity contribution in [1.29, 1.82) is 0 Å². The second-order valence-corrected chi connectivity index (χ2v) is 5.65. The van der Waals surface area contributed by atoms with E-state index in [0.29, 0.717) is 33.9 Å². The first-order chi connectivity index (χ1) is 12.6. The van der Waals surface area contributed by atoms with Crippen LogP contribution in [0.1, 0.15) is 32.0 Å². The van der Waals surface area contributed by atoms with E-state index in [1.165, 1.54) is 18.5 Å². The number of carbonyl (C=O) groups excluding carboxylic acids is 2. The van der Waals surface area contributed by atoms with Gasteiger partial charge in [0, 0.05) is 24.0 Å². The highest BCUT2D eigenvalue weighted by molar-refractivity contribution is 6.14. The Labute approximate surface area is 148 Å². The molecule has 128 valence electrons. The van der Waals surface area contributed by atoms with Crippen molar-refractivity contribution in [2.75, 3.05) is 0 Å². The molecule has 0 saturated heterocycles. The van der Waals surface area contributed by atoms with Gasteiger partial charge in [-0.15, -0.1) is 0 Å². The van der Waals surface area contributed by atoms with Crippen molar-refractivity contribution in [2.45, 2.75) is 6.92 Å². The molecule has 4 rings (SSSR count). The second-order valence-electron chi connectivity index (χ2n) is 5.65. The fraction of sp³-hybridized carbons (Fsp3) is 0.0500. The Kier molecular flexibility index (Phi) is 3.85. The number of aromatic nitrogens is 1. The number of nitrogens with zero attached hydrogens (tertiary/aromatic N) is 1. The van der Waals surface area contributed by atoms with Crippen molar-refractivity contribution in [3.05, 3.63) is 83.3 Å². The average molecular weight is 347 g/mol. The minimum Gasteiger partial charge on any atom is -0.465 e. The molecular formula is C20H13NO5. The maximum Gasteiger partial charge on any atom is 0.345 e. The average Bonchev–Trinajstić information content (AvgIpc) is 3.28. The van der Waals surface area contributed by atoms with E-state index in [4.69, 9.17) is 13.9 Å². The third kappa shape index (κ3) is 2.77. The lowest BCUT2D eigenvalue weighted by Crippen LogP contribution is -2.09. The summed E-state index contributed by atoms with van der Waals surface area (Å²) in [4.78, 5) is 28.6. The summed E-state index contributed by atoms with van der Waals surface area (Å²) in [5.41, 5.74) is 1.32. The molecule has 1 aliphatic rings. The van der Waals surface area contributed by atoms with Crippen LogP contribution >= 0.6 is 0 Å². The molecule has 0 bridgehead atoms. The number of ether oxygens (including phenoxy) is 2. The summed E-state index contributed by atoms with van der Waals surface area (Å²) in [6.07, 6.45) is 6.04. The molecule has 6 nitrogen and oxygen atoms in total. The number of hydrogen-bond donors (Lipinski definition) is 0.